The molecule has 35 heavy (non-hydrogen) atoms. The molecule has 2 heterocycles. The molecule has 182 valence electrons. The normalized spacial score (nSPS) is 14.2. The van der Waals surface area contributed by atoms with Gasteiger partial charge in [-0.25, -0.2) is 9.18 Å². The highest BCUT2D eigenvalue weighted by atomic mass is 35.5. The van der Waals surface area contributed by atoms with Gasteiger partial charge in [-0.15, -0.1) is 11.3 Å². The first-order valence-electron chi connectivity index (χ1n) is 11.0. The molecule has 1 aliphatic carbocycles. The lowest BCUT2D eigenvalue weighted by Gasteiger charge is -2.15. The van der Waals surface area contributed by atoms with Crippen LogP contribution in [0.4, 0.5) is 14.9 Å². The number of hydrogen-bond acceptors (Lipinski definition) is 5. The van der Waals surface area contributed by atoms with E-state index in [1.807, 2.05) is 26.0 Å². The topological polar surface area (TPSA) is 75.2 Å². The molecule has 0 saturated heterocycles. The van der Waals surface area contributed by atoms with Gasteiger partial charge >= 0.3 is 6.03 Å². The largest absolute Gasteiger partial charge is 0.380 e. The molecule has 0 saturated carbocycles. The second-order valence-electron chi connectivity index (χ2n) is 7.97. The summed E-state index contributed by atoms with van der Waals surface area (Å²) in [6.45, 7) is 4.00. The summed E-state index contributed by atoms with van der Waals surface area (Å²) in [6, 6.07) is 8.10. The summed E-state index contributed by atoms with van der Waals surface area (Å²) in [5.74, 6) is -0.456. The first-order valence-corrected chi connectivity index (χ1v) is 13.0. The minimum Gasteiger partial charge on any atom is -0.380 e. The second-order valence-corrected chi connectivity index (χ2v) is 10.8. The van der Waals surface area contributed by atoms with E-state index in [1.54, 1.807) is 42.6 Å². The number of nitrogens with zero attached hydrogens (tertiary/aromatic N) is 1. The van der Waals surface area contributed by atoms with Gasteiger partial charge in [-0.2, -0.15) is 0 Å². The van der Waals surface area contributed by atoms with E-state index < -0.39 is 5.82 Å². The predicted molar refractivity (Wildman–Crippen MR) is 145 cm³/mol. The Kier molecular flexibility index (Phi) is 8.00. The number of thiophene rings is 1. The summed E-state index contributed by atoms with van der Waals surface area (Å²) < 4.78 is 20.4. The number of aromatic nitrogens is 1. The fraction of sp³-hybridized carbons (Fsp3) is 0.200. The van der Waals surface area contributed by atoms with Gasteiger partial charge < -0.3 is 10.6 Å². The number of anilines is 1. The van der Waals surface area contributed by atoms with Crippen LogP contribution < -0.4 is 20.9 Å². The molecule has 1 atom stereocenters. The highest BCUT2D eigenvalue weighted by molar-refractivity contribution is 7.99. The van der Waals surface area contributed by atoms with Gasteiger partial charge in [-0.3, -0.25) is 14.1 Å². The maximum Gasteiger partial charge on any atom is 0.329 e. The van der Waals surface area contributed by atoms with E-state index in [2.05, 4.69) is 15.4 Å². The minimum absolute atomic E-state index is 0.120. The van der Waals surface area contributed by atoms with Crippen LogP contribution in [0.1, 0.15) is 26.7 Å². The third kappa shape index (κ3) is 6.17. The molecule has 10 heteroatoms. The predicted octanol–water partition coefficient (Wildman–Crippen LogP) is 6.76. The van der Waals surface area contributed by atoms with Crippen molar-refractivity contribution >= 4 is 63.1 Å². The van der Waals surface area contributed by atoms with Crippen molar-refractivity contribution in [3.63, 3.8) is 0 Å². The first-order chi connectivity index (χ1) is 16.8. The van der Waals surface area contributed by atoms with Gasteiger partial charge in [0, 0.05) is 30.1 Å². The fourth-order valence-electron chi connectivity index (χ4n) is 3.45. The number of benzene rings is 1. The summed E-state index contributed by atoms with van der Waals surface area (Å²) in [5.41, 5.74) is 1.36. The second kappa shape index (κ2) is 11.2. The van der Waals surface area contributed by atoms with Crippen molar-refractivity contribution < 1.29 is 9.18 Å². The molecule has 0 spiro atoms. The van der Waals surface area contributed by atoms with Crippen LogP contribution in [0.3, 0.4) is 0 Å². The van der Waals surface area contributed by atoms with Crippen molar-refractivity contribution in [1.82, 2.24) is 14.6 Å². The van der Waals surface area contributed by atoms with Gasteiger partial charge in [-0.05, 0) is 79.2 Å². The standard InChI is InChI=1S/C25H24ClFN4O2S2/c1-3-15(2)28-21-13-16-11-12-31(24(32)19(16)14-20(21)27)18-6-4-5-17(7-8-18)29-25(33)30-35-23-10-9-22(26)34-23/h4-5,7-15,28H,3,6H2,1-2H3,(H2,29,30,33). The van der Waals surface area contributed by atoms with E-state index in [0.717, 1.165) is 10.6 Å². The van der Waals surface area contributed by atoms with Crippen LogP contribution in [-0.2, 0) is 0 Å². The lowest BCUT2D eigenvalue weighted by molar-refractivity contribution is 0.249. The molecule has 0 radical (unpaired) electrons. The quantitative estimate of drug-likeness (QED) is 0.295. The molecule has 1 aliphatic rings. The minimum atomic E-state index is -0.456. The van der Waals surface area contributed by atoms with Crippen LogP contribution in [0.2, 0.25) is 4.34 Å². The average Bonchev–Trinajstić information content (AvgIpc) is 3.12. The molecule has 3 N–H and O–H groups in total. The van der Waals surface area contributed by atoms with Crippen LogP contribution in [0, 0.1) is 5.82 Å². The summed E-state index contributed by atoms with van der Waals surface area (Å²) >= 11 is 8.45. The first kappa shape index (κ1) is 25.1. The lowest BCUT2D eigenvalue weighted by Crippen LogP contribution is -2.29. The lowest BCUT2D eigenvalue weighted by atomic mass is 10.1. The highest BCUT2D eigenvalue weighted by Gasteiger charge is 2.13. The van der Waals surface area contributed by atoms with E-state index >= 15 is 0 Å². The Bertz CT molecular complexity index is 1410. The number of hydrogen-bond donors (Lipinski definition) is 3. The third-order valence-corrected chi connectivity index (χ3v) is 7.60. The Hall–Kier alpha value is -3.01. The zero-order valence-electron chi connectivity index (χ0n) is 19.1. The number of rotatable bonds is 7. The number of carbonyl (C=O) groups is 1. The molecule has 1 aromatic carbocycles. The molecule has 2 amide bonds. The Balaban J connectivity index is 1.51. The average molecular weight is 531 g/mol. The molecule has 4 rings (SSSR count). The Labute approximate surface area is 215 Å². The van der Waals surface area contributed by atoms with Crippen molar-refractivity contribution in [2.75, 3.05) is 5.32 Å². The van der Waals surface area contributed by atoms with Crippen LogP contribution in [-0.4, -0.2) is 16.6 Å². The molecule has 3 aromatic rings. The molecule has 6 nitrogen and oxygen atoms in total. The zero-order valence-corrected chi connectivity index (χ0v) is 21.5. The van der Waals surface area contributed by atoms with Gasteiger partial charge in [-0.1, -0.05) is 24.6 Å². The number of pyridine rings is 1. The van der Waals surface area contributed by atoms with Gasteiger partial charge in [0.05, 0.1) is 19.6 Å². The van der Waals surface area contributed by atoms with Crippen molar-refractivity contribution in [3.05, 3.63) is 87.0 Å². The highest BCUT2D eigenvalue weighted by Crippen LogP contribution is 2.28. The maximum atomic E-state index is 14.7. The number of carbonyl (C=O) groups excluding carboxylic acids is 1. The van der Waals surface area contributed by atoms with E-state index in [0.29, 0.717) is 38.6 Å². The van der Waals surface area contributed by atoms with Crippen LogP contribution in [0.25, 0.3) is 16.5 Å². The number of amides is 2. The number of nitrogens with one attached hydrogen (secondary N) is 3. The van der Waals surface area contributed by atoms with Crippen molar-refractivity contribution in [2.45, 2.75) is 36.9 Å². The van der Waals surface area contributed by atoms with Crippen LogP contribution in [0.15, 0.2) is 75.5 Å². The number of allylic oxidation sites excluding steroid dienone is 5. The molecule has 2 aromatic heterocycles. The van der Waals surface area contributed by atoms with Gasteiger partial charge in [0.2, 0.25) is 0 Å². The summed E-state index contributed by atoms with van der Waals surface area (Å²) in [7, 11) is 0. The monoisotopic (exact) mass is 530 g/mol. The molecule has 0 bridgehead atoms. The number of halogens is 2. The van der Waals surface area contributed by atoms with E-state index in [9.17, 15) is 14.0 Å². The summed E-state index contributed by atoms with van der Waals surface area (Å²) in [4.78, 5) is 25.4. The van der Waals surface area contributed by atoms with Gasteiger partial charge in [0.25, 0.3) is 5.56 Å². The van der Waals surface area contributed by atoms with E-state index in [-0.39, 0.29) is 17.6 Å². The van der Waals surface area contributed by atoms with Crippen molar-refractivity contribution in [2.24, 2.45) is 0 Å². The SMILES string of the molecule is CCC(C)Nc1cc2ccn(C3=CC=C(NC(=O)NSc4ccc(Cl)s4)C=CC3)c(=O)c2cc1F. The van der Waals surface area contributed by atoms with Crippen molar-refractivity contribution in [1.29, 1.82) is 0 Å². The van der Waals surface area contributed by atoms with Crippen molar-refractivity contribution in [3.8, 4) is 0 Å². The third-order valence-electron chi connectivity index (χ3n) is 5.45. The smallest absolute Gasteiger partial charge is 0.329 e. The molecular formula is C25H24ClFN4O2S2. The number of fused-ring (bicyclic) bond motifs is 1. The van der Waals surface area contributed by atoms with E-state index in [4.69, 9.17) is 11.6 Å². The van der Waals surface area contributed by atoms with E-state index in [1.165, 1.54) is 33.9 Å². The van der Waals surface area contributed by atoms with Crippen LogP contribution in [0.5, 0.6) is 0 Å². The van der Waals surface area contributed by atoms with Gasteiger partial charge in [0.1, 0.15) is 5.82 Å². The fourth-order valence-corrected chi connectivity index (χ4v) is 5.31. The molecule has 1 unspecified atom stereocenters. The Morgan fingerprint density at radius 2 is 2.11 bits per heavy atom. The Morgan fingerprint density at radius 1 is 1.29 bits per heavy atom. The summed E-state index contributed by atoms with van der Waals surface area (Å²) in [6.07, 6.45) is 10.1. The van der Waals surface area contributed by atoms with Gasteiger partial charge in [0.15, 0.2) is 0 Å². The zero-order chi connectivity index (χ0) is 24.9. The Morgan fingerprint density at radius 3 is 2.86 bits per heavy atom. The number of urea groups is 1. The van der Waals surface area contributed by atoms with Crippen LogP contribution >= 0.6 is 34.9 Å². The molecule has 0 aliphatic heterocycles. The maximum absolute atomic E-state index is 14.7. The molecular weight excluding hydrogens is 507 g/mol. The summed E-state index contributed by atoms with van der Waals surface area (Å²) in [5, 5.41) is 6.89. The molecule has 0 fully saturated rings.